The van der Waals surface area contributed by atoms with Crippen LogP contribution < -0.4 is 10.1 Å². The van der Waals surface area contributed by atoms with Gasteiger partial charge in [-0.15, -0.1) is 0 Å². The maximum absolute atomic E-state index is 12.6. The largest absolute Gasteiger partial charge is 0.492 e. The molecule has 0 unspecified atom stereocenters. The molecule has 0 aliphatic heterocycles. The Morgan fingerprint density at radius 2 is 2.11 bits per heavy atom. The summed E-state index contributed by atoms with van der Waals surface area (Å²) in [5.74, 6) is 0.110. The number of alkyl halides is 3. The fourth-order valence-corrected chi connectivity index (χ4v) is 1.36. The molecule has 0 aromatic heterocycles. The topological polar surface area (TPSA) is 45.0 Å². The Bertz CT molecular complexity index is 438. The Kier molecular flexibility index (Phi) is 4.98. The van der Waals surface area contributed by atoms with Gasteiger partial charge in [0.15, 0.2) is 0 Å². The smallest absolute Gasteiger partial charge is 0.417 e. The average molecular weight is 258 g/mol. The van der Waals surface area contributed by atoms with E-state index in [0.29, 0.717) is 6.54 Å². The lowest BCUT2D eigenvalue weighted by Crippen LogP contribution is -2.20. The highest BCUT2D eigenvalue weighted by Gasteiger charge is 2.34. The molecule has 0 spiro atoms. The highest BCUT2D eigenvalue weighted by molar-refractivity contribution is 5.44. The standard InChI is InChI=1S/C12H13F3N2O/c1-2-17-5-6-18-10-4-3-9(8-16)11(7-10)12(13,14)15/h3-4,7,17H,2,5-6H2,1H3. The SMILES string of the molecule is CCNCCOc1ccc(C#N)c(C(F)(F)F)c1. The minimum atomic E-state index is -4.55. The van der Waals surface area contributed by atoms with Crippen LogP contribution in [0.4, 0.5) is 13.2 Å². The Hall–Kier alpha value is -1.74. The highest BCUT2D eigenvalue weighted by Crippen LogP contribution is 2.34. The molecular formula is C12H13F3N2O. The fraction of sp³-hybridized carbons (Fsp3) is 0.417. The lowest BCUT2D eigenvalue weighted by Gasteiger charge is -2.11. The molecule has 6 heteroatoms. The van der Waals surface area contributed by atoms with E-state index in [0.717, 1.165) is 18.7 Å². The number of ether oxygens (including phenoxy) is 1. The molecule has 0 fully saturated rings. The summed E-state index contributed by atoms with van der Waals surface area (Å²) in [5.41, 5.74) is -1.37. The van der Waals surface area contributed by atoms with Crippen LogP contribution >= 0.6 is 0 Å². The molecular weight excluding hydrogens is 245 g/mol. The molecule has 18 heavy (non-hydrogen) atoms. The van der Waals surface area contributed by atoms with Crippen molar-refractivity contribution >= 4 is 0 Å². The summed E-state index contributed by atoms with van der Waals surface area (Å²) in [6, 6.07) is 4.85. The van der Waals surface area contributed by atoms with Gasteiger partial charge >= 0.3 is 6.18 Å². The molecule has 0 radical (unpaired) electrons. The summed E-state index contributed by atoms with van der Waals surface area (Å²) >= 11 is 0. The van der Waals surface area contributed by atoms with Gasteiger partial charge in [-0.3, -0.25) is 0 Å². The van der Waals surface area contributed by atoms with Gasteiger partial charge in [-0.1, -0.05) is 6.92 Å². The van der Waals surface area contributed by atoms with Crippen LogP contribution in [0.2, 0.25) is 0 Å². The Morgan fingerprint density at radius 3 is 2.67 bits per heavy atom. The molecule has 1 rings (SSSR count). The zero-order chi connectivity index (χ0) is 13.6. The zero-order valence-electron chi connectivity index (χ0n) is 9.84. The van der Waals surface area contributed by atoms with Crippen molar-refractivity contribution in [1.29, 1.82) is 5.26 Å². The number of hydrogen-bond donors (Lipinski definition) is 1. The first-order valence-electron chi connectivity index (χ1n) is 5.44. The van der Waals surface area contributed by atoms with Crippen molar-refractivity contribution in [2.24, 2.45) is 0 Å². The first-order chi connectivity index (χ1) is 8.49. The molecule has 98 valence electrons. The summed E-state index contributed by atoms with van der Waals surface area (Å²) in [6.45, 7) is 3.52. The predicted octanol–water partition coefficient (Wildman–Crippen LogP) is 2.57. The minimum Gasteiger partial charge on any atom is -0.492 e. The summed E-state index contributed by atoms with van der Waals surface area (Å²) in [5, 5.41) is 11.6. The average Bonchev–Trinajstić information content (AvgIpc) is 2.33. The first-order valence-corrected chi connectivity index (χ1v) is 5.44. The van der Waals surface area contributed by atoms with E-state index in [1.807, 2.05) is 6.92 Å². The third-order valence-corrected chi connectivity index (χ3v) is 2.21. The van der Waals surface area contributed by atoms with Crippen molar-refractivity contribution in [2.75, 3.05) is 19.7 Å². The monoisotopic (exact) mass is 258 g/mol. The number of nitrogens with one attached hydrogen (secondary N) is 1. The Morgan fingerprint density at radius 1 is 1.39 bits per heavy atom. The minimum absolute atomic E-state index is 0.110. The number of hydrogen-bond acceptors (Lipinski definition) is 3. The summed E-state index contributed by atoms with van der Waals surface area (Å²) in [6.07, 6.45) is -4.55. The quantitative estimate of drug-likeness (QED) is 0.825. The van der Waals surface area contributed by atoms with Gasteiger partial charge in [-0.2, -0.15) is 18.4 Å². The van der Waals surface area contributed by atoms with Gasteiger partial charge in [-0.25, -0.2) is 0 Å². The van der Waals surface area contributed by atoms with Gasteiger partial charge in [0.2, 0.25) is 0 Å². The lowest BCUT2D eigenvalue weighted by atomic mass is 10.1. The molecule has 3 nitrogen and oxygen atoms in total. The lowest BCUT2D eigenvalue weighted by molar-refractivity contribution is -0.137. The molecule has 1 aromatic rings. The van der Waals surface area contributed by atoms with Crippen molar-refractivity contribution < 1.29 is 17.9 Å². The second kappa shape index (κ2) is 6.26. The number of nitriles is 1. The van der Waals surface area contributed by atoms with Crippen molar-refractivity contribution in [2.45, 2.75) is 13.1 Å². The van der Waals surface area contributed by atoms with Gasteiger partial charge in [-0.05, 0) is 24.7 Å². The van der Waals surface area contributed by atoms with Crippen molar-refractivity contribution in [3.63, 3.8) is 0 Å². The van der Waals surface area contributed by atoms with E-state index in [4.69, 9.17) is 10.00 Å². The normalized spacial score (nSPS) is 11.1. The van der Waals surface area contributed by atoms with Crippen LogP contribution in [-0.2, 0) is 6.18 Å². The molecule has 0 aliphatic carbocycles. The van der Waals surface area contributed by atoms with Crippen LogP contribution in [0.5, 0.6) is 5.75 Å². The zero-order valence-corrected chi connectivity index (χ0v) is 9.84. The molecule has 0 bridgehead atoms. The van der Waals surface area contributed by atoms with Crippen molar-refractivity contribution in [3.05, 3.63) is 29.3 Å². The number of rotatable bonds is 5. The Labute approximate surface area is 103 Å². The van der Waals surface area contributed by atoms with Crippen LogP contribution in [0.3, 0.4) is 0 Å². The maximum Gasteiger partial charge on any atom is 0.417 e. The van der Waals surface area contributed by atoms with Crippen LogP contribution in [-0.4, -0.2) is 19.7 Å². The van der Waals surface area contributed by atoms with Gasteiger partial charge in [0.05, 0.1) is 17.2 Å². The van der Waals surface area contributed by atoms with E-state index < -0.39 is 17.3 Å². The van der Waals surface area contributed by atoms with E-state index >= 15 is 0 Å². The summed E-state index contributed by atoms with van der Waals surface area (Å²) in [4.78, 5) is 0. The van der Waals surface area contributed by atoms with Crippen LogP contribution in [0.15, 0.2) is 18.2 Å². The van der Waals surface area contributed by atoms with E-state index in [-0.39, 0.29) is 12.4 Å². The summed E-state index contributed by atoms with van der Waals surface area (Å²) in [7, 11) is 0. The van der Waals surface area contributed by atoms with Gasteiger partial charge in [0.1, 0.15) is 12.4 Å². The highest BCUT2D eigenvalue weighted by atomic mass is 19.4. The molecule has 0 aliphatic rings. The third kappa shape index (κ3) is 3.93. The van der Waals surface area contributed by atoms with Crippen LogP contribution in [0, 0.1) is 11.3 Å². The van der Waals surface area contributed by atoms with Crippen molar-refractivity contribution in [3.8, 4) is 11.8 Å². The summed E-state index contributed by atoms with van der Waals surface area (Å²) < 4.78 is 43.1. The van der Waals surface area contributed by atoms with E-state index in [1.165, 1.54) is 12.1 Å². The fourth-order valence-electron chi connectivity index (χ4n) is 1.36. The number of likely N-dealkylation sites (N-methyl/N-ethyl adjacent to an activating group) is 1. The molecule has 0 amide bonds. The molecule has 1 N–H and O–H groups in total. The van der Waals surface area contributed by atoms with E-state index in [9.17, 15) is 13.2 Å². The Balaban J connectivity index is 2.81. The van der Waals surface area contributed by atoms with Gasteiger partial charge in [0, 0.05) is 6.54 Å². The van der Waals surface area contributed by atoms with E-state index in [2.05, 4.69) is 5.32 Å². The second-order valence-electron chi connectivity index (χ2n) is 3.52. The number of nitrogens with zero attached hydrogens (tertiary/aromatic N) is 1. The molecule has 0 heterocycles. The van der Waals surface area contributed by atoms with Gasteiger partial charge in [0.25, 0.3) is 0 Å². The van der Waals surface area contributed by atoms with Crippen molar-refractivity contribution in [1.82, 2.24) is 5.32 Å². The second-order valence-corrected chi connectivity index (χ2v) is 3.52. The van der Waals surface area contributed by atoms with E-state index in [1.54, 1.807) is 0 Å². The predicted molar refractivity (Wildman–Crippen MR) is 60.2 cm³/mol. The van der Waals surface area contributed by atoms with Crippen LogP contribution in [0.25, 0.3) is 0 Å². The van der Waals surface area contributed by atoms with Crippen LogP contribution in [0.1, 0.15) is 18.1 Å². The first kappa shape index (κ1) is 14.3. The third-order valence-electron chi connectivity index (χ3n) is 2.21. The molecule has 1 aromatic carbocycles. The number of benzene rings is 1. The molecule has 0 saturated carbocycles. The van der Waals surface area contributed by atoms with Gasteiger partial charge < -0.3 is 10.1 Å². The molecule has 0 atom stereocenters. The molecule has 0 saturated heterocycles. The number of halogens is 3. The maximum atomic E-state index is 12.6.